The van der Waals surface area contributed by atoms with Crippen molar-refractivity contribution < 1.29 is 4.42 Å². The molecule has 0 radical (unpaired) electrons. The summed E-state index contributed by atoms with van der Waals surface area (Å²) in [6, 6.07) is 55.1. The molecule has 0 saturated heterocycles. The van der Waals surface area contributed by atoms with E-state index in [-0.39, 0.29) is 5.92 Å². The molecule has 240 valence electrons. The number of benzene rings is 7. The minimum Gasteiger partial charge on any atom is -0.456 e. The summed E-state index contributed by atoms with van der Waals surface area (Å²) in [7, 11) is 0. The van der Waals surface area contributed by atoms with Crippen molar-refractivity contribution in [1.29, 1.82) is 0 Å². The zero-order valence-corrected chi connectivity index (χ0v) is 27.7. The molecule has 51 heavy (non-hydrogen) atoms. The van der Waals surface area contributed by atoms with E-state index in [9.17, 15) is 0 Å². The van der Waals surface area contributed by atoms with Gasteiger partial charge < -0.3 is 4.42 Å². The average molecular weight is 654 g/mol. The fourth-order valence-corrected chi connectivity index (χ4v) is 7.53. The van der Waals surface area contributed by atoms with Crippen LogP contribution in [-0.4, -0.2) is 15.0 Å². The summed E-state index contributed by atoms with van der Waals surface area (Å²) in [4.78, 5) is 15.6. The third-order valence-corrected chi connectivity index (χ3v) is 10.1. The smallest absolute Gasteiger partial charge is 0.164 e. The molecule has 10 rings (SSSR count). The second kappa shape index (κ2) is 12.0. The van der Waals surface area contributed by atoms with Gasteiger partial charge in [0.05, 0.1) is 0 Å². The topological polar surface area (TPSA) is 51.8 Å². The van der Waals surface area contributed by atoms with Crippen LogP contribution >= 0.6 is 0 Å². The van der Waals surface area contributed by atoms with Gasteiger partial charge in [-0.2, -0.15) is 0 Å². The SMILES string of the molecule is C1=Cc2ccccc2C(c2cc(-c3nc(-c4ccc(-c5ccccc5)cc4)nc(-c4ccc5ccccc5c4)n3)c3c(c2)oc2ccccc23)C1. The van der Waals surface area contributed by atoms with E-state index in [4.69, 9.17) is 19.4 Å². The Morgan fingerprint density at radius 1 is 0.490 bits per heavy atom. The quantitative estimate of drug-likeness (QED) is 0.185. The lowest BCUT2D eigenvalue weighted by atomic mass is 9.81. The Morgan fingerprint density at radius 2 is 1.16 bits per heavy atom. The van der Waals surface area contributed by atoms with Crippen LogP contribution in [0.2, 0.25) is 0 Å². The van der Waals surface area contributed by atoms with Crippen molar-refractivity contribution in [1.82, 2.24) is 15.0 Å². The molecule has 1 unspecified atom stereocenters. The minimum atomic E-state index is 0.175. The predicted octanol–water partition coefficient (Wildman–Crippen LogP) is 12.1. The molecule has 4 nitrogen and oxygen atoms in total. The highest BCUT2D eigenvalue weighted by molar-refractivity contribution is 6.12. The molecule has 2 aromatic heterocycles. The number of nitrogens with zero attached hydrogens (tertiary/aromatic N) is 3. The third kappa shape index (κ3) is 5.20. The normalized spacial score (nSPS) is 13.9. The van der Waals surface area contributed by atoms with E-state index in [1.54, 1.807) is 0 Å². The molecule has 1 aliphatic rings. The van der Waals surface area contributed by atoms with E-state index in [1.165, 1.54) is 27.6 Å². The Labute approximate surface area is 295 Å². The molecule has 2 heterocycles. The number of para-hydroxylation sites is 1. The molecule has 9 aromatic rings. The van der Waals surface area contributed by atoms with Gasteiger partial charge in [-0.15, -0.1) is 0 Å². The summed E-state index contributed by atoms with van der Waals surface area (Å²) in [5.74, 6) is 2.05. The first-order chi connectivity index (χ1) is 25.2. The second-order valence-corrected chi connectivity index (χ2v) is 13.2. The Bertz CT molecular complexity index is 2780. The van der Waals surface area contributed by atoms with Gasteiger partial charge in [0.2, 0.25) is 0 Å². The summed E-state index contributed by atoms with van der Waals surface area (Å²) >= 11 is 0. The predicted molar refractivity (Wildman–Crippen MR) is 208 cm³/mol. The monoisotopic (exact) mass is 653 g/mol. The summed E-state index contributed by atoms with van der Waals surface area (Å²) in [6.45, 7) is 0. The minimum absolute atomic E-state index is 0.175. The fraction of sp³-hybridized carbons (Fsp3) is 0.0426. The molecule has 0 amide bonds. The van der Waals surface area contributed by atoms with Crippen LogP contribution in [0, 0.1) is 0 Å². The van der Waals surface area contributed by atoms with E-state index in [1.807, 2.05) is 18.2 Å². The molecule has 4 heteroatoms. The first-order valence-corrected chi connectivity index (χ1v) is 17.4. The molecule has 7 aromatic carbocycles. The van der Waals surface area contributed by atoms with Crippen LogP contribution in [0.4, 0.5) is 0 Å². The van der Waals surface area contributed by atoms with Gasteiger partial charge in [-0.1, -0.05) is 146 Å². The van der Waals surface area contributed by atoms with E-state index < -0.39 is 0 Å². The molecule has 0 saturated carbocycles. The van der Waals surface area contributed by atoms with Crippen molar-refractivity contribution in [2.75, 3.05) is 0 Å². The zero-order chi connectivity index (χ0) is 33.7. The van der Waals surface area contributed by atoms with Crippen LogP contribution < -0.4 is 0 Å². The number of furan rings is 1. The summed E-state index contributed by atoms with van der Waals surface area (Å²) in [5.41, 5.74) is 10.5. The van der Waals surface area contributed by atoms with Crippen molar-refractivity contribution >= 4 is 38.8 Å². The van der Waals surface area contributed by atoms with Crippen molar-refractivity contribution in [3.8, 4) is 45.3 Å². The van der Waals surface area contributed by atoms with Crippen LogP contribution in [0.3, 0.4) is 0 Å². The maximum Gasteiger partial charge on any atom is 0.164 e. The van der Waals surface area contributed by atoms with Crippen LogP contribution in [0.15, 0.2) is 168 Å². The molecular weight excluding hydrogens is 623 g/mol. The van der Waals surface area contributed by atoms with Crippen LogP contribution in [0.25, 0.3) is 84.1 Å². The molecule has 0 spiro atoms. The fourth-order valence-electron chi connectivity index (χ4n) is 7.53. The third-order valence-electron chi connectivity index (χ3n) is 10.1. The lowest BCUT2D eigenvalue weighted by molar-refractivity contribution is 0.667. The standard InChI is InChI=1S/C47H31N3O/c1-2-11-30(12-3-1)32-21-24-34(25-22-32)45-48-46(36-26-23-31-13-4-5-15-35(31)27-36)50-47(49-45)41-28-37(39-19-10-16-33-14-6-7-17-38(33)39)29-43-44(41)40-18-8-9-20-42(40)51-43/h1-18,20-29,39H,19H2. The summed E-state index contributed by atoms with van der Waals surface area (Å²) in [6.07, 6.45) is 5.40. The lowest BCUT2D eigenvalue weighted by Crippen LogP contribution is -2.06. The highest BCUT2D eigenvalue weighted by Gasteiger charge is 2.24. The van der Waals surface area contributed by atoms with Crippen molar-refractivity contribution in [3.63, 3.8) is 0 Å². The Hall–Kier alpha value is -6.65. The Balaban J connectivity index is 1.21. The molecular formula is C47H31N3O. The molecule has 1 aliphatic carbocycles. The van der Waals surface area contributed by atoms with Crippen molar-refractivity contribution in [3.05, 3.63) is 180 Å². The van der Waals surface area contributed by atoms with Crippen LogP contribution in [-0.2, 0) is 0 Å². The van der Waals surface area contributed by atoms with Gasteiger partial charge in [0.15, 0.2) is 17.5 Å². The van der Waals surface area contributed by atoms with Gasteiger partial charge in [-0.25, -0.2) is 15.0 Å². The van der Waals surface area contributed by atoms with Gasteiger partial charge in [0, 0.05) is 33.4 Å². The largest absolute Gasteiger partial charge is 0.456 e. The number of fused-ring (bicyclic) bond motifs is 5. The van der Waals surface area contributed by atoms with Gasteiger partial charge in [-0.3, -0.25) is 0 Å². The summed E-state index contributed by atoms with van der Waals surface area (Å²) in [5, 5.41) is 4.36. The second-order valence-electron chi connectivity index (χ2n) is 13.2. The van der Waals surface area contributed by atoms with Gasteiger partial charge in [0.1, 0.15) is 11.2 Å². The number of rotatable bonds is 5. The van der Waals surface area contributed by atoms with E-state index >= 15 is 0 Å². The zero-order valence-electron chi connectivity index (χ0n) is 27.7. The summed E-state index contributed by atoms with van der Waals surface area (Å²) < 4.78 is 6.58. The van der Waals surface area contributed by atoms with Gasteiger partial charge in [-0.05, 0) is 69.3 Å². The number of hydrogen-bond acceptors (Lipinski definition) is 4. The van der Waals surface area contributed by atoms with E-state index in [0.717, 1.165) is 56.0 Å². The molecule has 0 bridgehead atoms. The first kappa shape index (κ1) is 29.3. The highest BCUT2D eigenvalue weighted by atomic mass is 16.3. The molecule has 1 atom stereocenters. The van der Waals surface area contributed by atoms with Gasteiger partial charge in [0.25, 0.3) is 0 Å². The lowest BCUT2D eigenvalue weighted by Gasteiger charge is -2.23. The first-order valence-electron chi connectivity index (χ1n) is 17.4. The highest BCUT2D eigenvalue weighted by Crippen LogP contribution is 2.42. The van der Waals surface area contributed by atoms with E-state index in [2.05, 4.69) is 152 Å². The molecule has 0 N–H and O–H groups in total. The number of hydrogen-bond donors (Lipinski definition) is 0. The number of allylic oxidation sites excluding steroid dienone is 1. The number of aromatic nitrogens is 3. The average Bonchev–Trinajstić information content (AvgIpc) is 3.59. The van der Waals surface area contributed by atoms with Crippen molar-refractivity contribution in [2.24, 2.45) is 0 Å². The van der Waals surface area contributed by atoms with Crippen LogP contribution in [0.5, 0.6) is 0 Å². The van der Waals surface area contributed by atoms with Gasteiger partial charge >= 0.3 is 0 Å². The van der Waals surface area contributed by atoms with Crippen LogP contribution in [0.1, 0.15) is 29.0 Å². The maximum absolute atomic E-state index is 6.58. The van der Waals surface area contributed by atoms with E-state index in [0.29, 0.717) is 17.5 Å². The maximum atomic E-state index is 6.58. The Kier molecular flexibility index (Phi) is 6.91. The Morgan fingerprint density at radius 3 is 2.04 bits per heavy atom. The molecule has 0 fully saturated rings. The van der Waals surface area contributed by atoms with Crippen molar-refractivity contribution in [2.45, 2.75) is 12.3 Å². The molecule has 0 aliphatic heterocycles.